The largest absolute Gasteiger partial charge is 0.333 e. The predicted molar refractivity (Wildman–Crippen MR) is 78.1 cm³/mol. The van der Waals surface area contributed by atoms with E-state index in [4.69, 9.17) is 0 Å². The van der Waals surface area contributed by atoms with Crippen LogP contribution in [0.2, 0.25) is 0 Å². The number of nitrogens with zero attached hydrogens (tertiary/aromatic N) is 1. The first-order valence-electron chi connectivity index (χ1n) is 5.82. The van der Waals surface area contributed by atoms with Gasteiger partial charge in [-0.1, -0.05) is 26.0 Å². The Hall–Kier alpha value is -1.09. The molecule has 4 heteroatoms. The van der Waals surface area contributed by atoms with E-state index in [2.05, 4.69) is 34.0 Å². The number of carbonyl (C=O) groups excluding carboxylic acids is 1. The van der Waals surface area contributed by atoms with Crippen molar-refractivity contribution < 1.29 is 4.79 Å². The Labute approximate surface area is 121 Å². The third-order valence-electron chi connectivity index (χ3n) is 3.69. The fourth-order valence-corrected chi connectivity index (χ4v) is 2.74. The van der Waals surface area contributed by atoms with Crippen molar-refractivity contribution in [3.8, 4) is 6.07 Å². The minimum Gasteiger partial charge on any atom is -0.333 e. The van der Waals surface area contributed by atoms with Crippen molar-refractivity contribution in [3.05, 3.63) is 32.9 Å². The van der Waals surface area contributed by atoms with Gasteiger partial charge in [-0.2, -0.15) is 5.26 Å². The number of nitriles is 1. The summed E-state index contributed by atoms with van der Waals surface area (Å²) in [4.78, 5) is 12.3. The van der Waals surface area contributed by atoms with Crippen LogP contribution in [0.15, 0.2) is 18.2 Å². The van der Waals surface area contributed by atoms with Crippen molar-refractivity contribution in [1.82, 2.24) is 5.32 Å². The Balaban J connectivity index is 2.25. The molecule has 1 atom stereocenters. The number of halogens is 1. The molecule has 0 aliphatic heterocycles. The highest BCUT2D eigenvalue weighted by molar-refractivity contribution is 14.1. The highest BCUT2D eigenvalue weighted by atomic mass is 127. The molecular weight excluding hydrogens is 339 g/mol. The lowest BCUT2D eigenvalue weighted by Crippen LogP contribution is -2.39. The van der Waals surface area contributed by atoms with Crippen molar-refractivity contribution >= 4 is 28.5 Å². The number of hydrogen-bond donors (Lipinski definition) is 1. The molecule has 1 amide bonds. The third-order valence-corrected chi connectivity index (χ3v) is 5.12. The molecule has 2 rings (SSSR count). The molecular formula is C14H15IN2O. The maximum atomic E-state index is 12.3. The quantitative estimate of drug-likeness (QED) is 0.830. The lowest BCUT2D eigenvalue weighted by molar-refractivity contribution is 0.0933. The standard InChI is InChI=1S/C14H15IN2O/c1-9-5-4-6-10(11(9)15)12(18)17-14(8-16)7-13(14,2)3/h4-6H,7H2,1-3H3,(H,17,18). The highest BCUT2D eigenvalue weighted by Crippen LogP contribution is 2.55. The first-order chi connectivity index (χ1) is 8.33. The molecule has 3 nitrogen and oxygen atoms in total. The number of carbonyl (C=O) groups is 1. The summed E-state index contributed by atoms with van der Waals surface area (Å²) in [6.45, 7) is 5.97. The van der Waals surface area contributed by atoms with Crippen LogP contribution in [0.4, 0.5) is 0 Å². The fraction of sp³-hybridized carbons (Fsp3) is 0.429. The summed E-state index contributed by atoms with van der Waals surface area (Å²) < 4.78 is 0.944. The Kier molecular flexibility index (Phi) is 3.14. The number of aryl methyl sites for hydroxylation is 1. The first-order valence-corrected chi connectivity index (χ1v) is 6.90. The van der Waals surface area contributed by atoms with E-state index in [9.17, 15) is 10.1 Å². The van der Waals surface area contributed by atoms with Crippen LogP contribution in [0.3, 0.4) is 0 Å². The van der Waals surface area contributed by atoms with Crippen molar-refractivity contribution in [2.75, 3.05) is 0 Å². The normalized spacial score (nSPS) is 24.2. The van der Waals surface area contributed by atoms with Gasteiger partial charge in [-0.25, -0.2) is 0 Å². The van der Waals surface area contributed by atoms with Gasteiger partial charge in [0, 0.05) is 8.99 Å². The highest BCUT2D eigenvalue weighted by Gasteiger charge is 2.63. The maximum Gasteiger partial charge on any atom is 0.253 e. The molecule has 1 unspecified atom stereocenters. The van der Waals surface area contributed by atoms with Crippen molar-refractivity contribution in [3.63, 3.8) is 0 Å². The fourth-order valence-electron chi connectivity index (χ4n) is 2.13. The molecule has 1 fully saturated rings. The minimum atomic E-state index is -0.698. The second-order valence-electron chi connectivity index (χ2n) is 5.47. The van der Waals surface area contributed by atoms with Crippen LogP contribution in [0.25, 0.3) is 0 Å². The molecule has 0 saturated heterocycles. The second kappa shape index (κ2) is 4.23. The van der Waals surface area contributed by atoms with Gasteiger partial charge in [0.1, 0.15) is 5.54 Å². The molecule has 94 valence electrons. The van der Waals surface area contributed by atoms with Crippen LogP contribution in [0.1, 0.15) is 36.2 Å². The van der Waals surface area contributed by atoms with E-state index in [-0.39, 0.29) is 11.3 Å². The Bertz CT molecular complexity index is 559. The zero-order valence-electron chi connectivity index (χ0n) is 10.7. The lowest BCUT2D eigenvalue weighted by atomic mass is 10.0. The van der Waals surface area contributed by atoms with Crippen molar-refractivity contribution in [1.29, 1.82) is 5.26 Å². The lowest BCUT2D eigenvalue weighted by Gasteiger charge is -2.15. The minimum absolute atomic E-state index is 0.132. The predicted octanol–water partition coefficient (Wildman–Crippen LogP) is 3.02. The molecule has 1 aromatic carbocycles. The van der Waals surface area contributed by atoms with Crippen LogP contribution in [0, 0.1) is 27.2 Å². The van der Waals surface area contributed by atoms with Gasteiger partial charge in [-0.3, -0.25) is 4.79 Å². The summed E-state index contributed by atoms with van der Waals surface area (Å²) in [7, 11) is 0. The zero-order valence-corrected chi connectivity index (χ0v) is 12.8. The third kappa shape index (κ3) is 2.01. The van der Waals surface area contributed by atoms with Gasteiger partial charge in [0.2, 0.25) is 0 Å². The molecule has 0 bridgehead atoms. The van der Waals surface area contributed by atoms with Gasteiger partial charge in [0.05, 0.1) is 11.6 Å². The SMILES string of the molecule is Cc1cccc(C(=O)NC2(C#N)CC2(C)C)c1I. The average Bonchev–Trinajstić information content (AvgIpc) is 2.84. The van der Waals surface area contributed by atoms with E-state index in [1.165, 1.54) is 0 Å². The second-order valence-corrected chi connectivity index (χ2v) is 6.55. The Morgan fingerprint density at radius 3 is 2.61 bits per heavy atom. The number of rotatable bonds is 2. The summed E-state index contributed by atoms with van der Waals surface area (Å²) in [5.74, 6) is -0.157. The molecule has 18 heavy (non-hydrogen) atoms. The molecule has 1 saturated carbocycles. The molecule has 1 aromatic rings. The molecule has 1 N–H and O–H groups in total. The topological polar surface area (TPSA) is 52.9 Å². The number of nitrogens with one attached hydrogen (secondary N) is 1. The molecule has 0 radical (unpaired) electrons. The summed E-state index contributed by atoms with van der Waals surface area (Å²) in [6.07, 6.45) is 0.713. The van der Waals surface area contributed by atoms with Gasteiger partial charge < -0.3 is 5.32 Å². The number of benzene rings is 1. The average molecular weight is 354 g/mol. The summed E-state index contributed by atoms with van der Waals surface area (Å²) in [5, 5.41) is 12.1. The van der Waals surface area contributed by atoms with Crippen LogP contribution in [-0.2, 0) is 0 Å². The Morgan fingerprint density at radius 2 is 2.11 bits per heavy atom. The van der Waals surface area contributed by atoms with Crippen LogP contribution >= 0.6 is 22.6 Å². The van der Waals surface area contributed by atoms with Crippen LogP contribution < -0.4 is 5.32 Å². The summed E-state index contributed by atoms with van der Waals surface area (Å²) >= 11 is 2.17. The summed E-state index contributed by atoms with van der Waals surface area (Å²) in [6, 6.07) is 7.88. The van der Waals surface area contributed by atoms with E-state index in [1.807, 2.05) is 32.9 Å². The van der Waals surface area contributed by atoms with Gasteiger partial charge in [-0.05, 0) is 47.6 Å². The smallest absolute Gasteiger partial charge is 0.253 e. The van der Waals surface area contributed by atoms with Gasteiger partial charge in [0.25, 0.3) is 5.91 Å². The van der Waals surface area contributed by atoms with E-state index < -0.39 is 5.54 Å². The van der Waals surface area contributed by atoms with Crippen LogP contribution in [0.5, 0.6) is 0 Å². The van der Waals surface area contributed by atoms with Gasteiger partial charge in [0.15, 0.2) is 0 Å². The molecule has 1 aliphatic rings. The summed E-state index contributed by atoms with van der Waals surface area (Å²) in [5.41, 5.74) is 0.890. The maximum absolute atomic E-state index is 12.3. The Morgan fingerprint density at radius 1 is 1.50 bits per heavy atom. The molecule has 0 aromatic heterocycles. The molecule has 0 spiro atoms. The zero-order chi connectivity index (χ0) is 13.6. The van der Waals surface area contributed by atoms with E-state index in [0.29, 0.717) is 12.0 Å². The number of hydrogen-bond acceptors (Lipinski definition) is 2. The monoisotopic (exact) mass is 354 g/mol. The van der Waals surface area contributed by atoms with Crippen molar-refractivity contribution in [2.24, 2.45) is 5.41 Å². The first kappa shape index (κ1) is 13.3. The molecule has 0 heterocycles. The molecule has 1 aliphatic carbocycles. The van der Waals surface area contributed by atoms with E-state index in [0.717, 1.165) is 9.13 Å². The van der Waals surface area contributed by atoms with Crippen molar-refractivity contribution in [2.45, 2.75) is 32.7 Å². The van der Waals surface area contributed by atoms with E-state index >= 15 is 0 Å². The van der Waals surface area contributed by atoms with Gasteiger partial charge in [-0.15, -0.1) is 0 Å². The van der Waals surface area contributed by atoms with Gasteiger partial charge >= 0.3 is 0 Å². The van der Waals surface area contributed by atoms with E-state index in [1.54, 1.807) is 6.07 Å². The number of amides is 1. The van der Waals surface area contributed by atoms with Crippen LogP contribution in [-0.4, -0.2) is 11.4 Å².